The lowest BCUT2D eigenvalue weighted by atomic mass is 10.2. The maximum absolute atomic E-state index is 11.9. The molecule has 2 rings (SSSR count). The van der Waals surface area contributed by atoms with Gasteiger partial charge in [0.25, 0.3) is 0 Å². The van der Waals surface area contributed by atoms with E-state index in [1.54, 1.807) is 0 Å². The van der Waals surface area contributed by atoms with Gasteiger partial charge in [-0.15, -0.1) is 0 Å². The van der Waals surface area contributed by atoms with Gasteiger partial charge in [0.05, 0.1) is 12.2 Å². The van der Waals surface area contributed by atoms with Crippen LogP contribution in [0.3, 0.4) is 0 Å². The normalized spacial score (nSPS) is 10.6. The van der Waals surface area contributed by atoms with E-state index >= 15 is 0 Å². The van der Waals surface area contributed by atoms with Crippen LogP contribution >= 0.6 is 11.6 Å². The number of carbonyl (C=O) groups excluding carboxylic acids is 1. The lowest BCUT2D eigenvalue weighted by Crippen LogP contribution is -2.08. The zero-order valence-corrected chi connectivity index (χ0v) is 12.7. The van der Waals surface area contributed by atoms with Crippen molar-refractivity contribution in [3.8, 4) is 0 Å². The summed E-state index contributed by atoms with van der Waals surface area (Å²) < 4.78 is 7.18. The Balaban J connectivity index is 2.28. The first kappa shape index (κ1) is 14.7. The van der Waals surface area contributed by atoms with Gasteiger partial charge in [-0.2, -0.15) is 0 Å². The smallest absolute Gasteiger partial charge is 0.339 e. The van der Waals surface area contributed by atoms with Gasteiger partial charge in [-0.3, -0.25) is 0 Å². The van der Waals surface area contributed by atoms with E-state index in [0.717, 1.165) is 22.0 Å². The van der Waals surface area contributed by atoms with Crippen molar-refractivity contribution in [3.63, 3.8) is 0 Å². The van der Waals surface area contributed by atoms with E-state index in [2.05, 4.69) is 4.57 Å². The summed E-state index contributed by atoms with van der Waals surface area (Å²) in [5, 5.41) is 0.724. The maximum atomic E-state index is 11.9. The van der Waals surface area contributed by atoms with Crippen LogP contribution in [0.25, 0.3) is 0 Å². The molecule has 0 bridgehead atoms. The predicted octanol–water partition coefficient (Wildman–Crippen LogP) is 3.98. The SMILES string of the molecule is CCOC(=O)c1cc(C)n(Cc2ccc(Cl)cc2)c1C. The van der Waals surface area contributed by atoms with Gasteiger partial charge < -0.3 is 9.30 Å². The molecule has 0 spiro atoms. The van der Waals surface area contributed by atoms with Gasteiger partial charge in [0.15, 0.2) is 0 Å². The number of rotatable bonds is 4. The summed E-state index contributed by atoms with van der Waals surface area (Å²) >= 11 is 5.89. The molecule has 1 aromatic carbocycles. The molecular formula is C16H18ClNO2. The van der Waals surface area contributed by atoms with Gasteiger partial charge in [-0.05, 0) is 44.5 Å². The average Bonchev–Trinajstić information content (AvgIpc) is 2.69. The maximum Gasteiger partial charge on any atom is 0.339 e. The van der Waals surface area contributed by atoms with E-state index in [1.165, 1.54) is 0 Å². The second-order valence-corrected chi connectivity index (χ2v) is 5.15. The fourth-order valence-corrected chi connectivity index (χ4v) is 2.36. The van der Waals surface area contributed by atoms with Crippen LogP contribution in [0.2, 0.25) is 5.02 Å². The van der Waals surface area contributed by atoms with Gasteiger partial charge in [-0.1, -0.05) is 23.7 Å². The van der Waals surface area contributed by atoms with Crippen molar-refractivity contribution in [2.75, 3.05) is 6.61 Å². The summed E-state index contributed by atoms with van der Waals surface area (Å²) in [6.45, 7) is 6.85. The van der Waals surface area contributed by atoms with Crippen LogP contribution in [-0.2, 0) is 11.3 Å². The number of aromatic nitrogens is 1. The molecule has 1 aromatic heterocycles. The number of hydrogen-bond acceptors (Lipinski definition) is 2. The van der Waals surface area contributed by atoms with Crippen LogP contribution in [0.1, 0.15) is 34.2 Å². The summed E-state index contributed by atoms with van der Waals surface area (Å²) in [6.07, 6.45) is 0. The average molecular weight is 292 g/mol. The van der Waals surface area contributed by atoms with Gasteiger partial charge in [0.1, 0.15) is 0 Å². The Morgan fingerprint density at radius 2 is 1.90 bits per heavy atom. The van der Waals surface area contributed by atoms with Crippen LogP contribution < -0.4 is 0 Å². The molecule has 106 valence electrons. The molecule has 0 radical (unpaired) electrons. The minimum absolute atomic E-state index is 0.261. The Hall–Kier alpha value is -1.74. The molecule has 4 heteroatoms. The van der Waals surface area contributed by atoms with Gasteiger partial charge in [0.2, 0.25) is 0 Å². The number of nitrogens with zero attached hydrogens (tertiary/aromatic N) is 1. The van der Waals surface area contributed by atoms with Gasteiger partial charge in [-0.25, -0.2) is 4.79 Å². The van der Waals surface area contributed by atoms with Crippen LogP contribution in [-0.4, -0.2) is 17.1 Å². The molecule has 2 aromatic rings. The number of benzene rings is 1. The molecule has 0 aliphatic carbocycles. The van der Waals surface area contributed by atoms with Crippen molar-refractivity contribution in [1.29, 1.82) is 0 Å². The Morgan fingerprint density at radius 3 is 2.50 bits per heavy atom. The molecule has 0 N–H and O–H groups in total. The minimum Gasteiger partial charge on any atom is -0.462 e. The standard InChI is InChI=1S/C16H18ClNO2/c1-4-20-16(19)15-9-11(2)18(12(15)3)10-13-5-7-14(17)8-6-13/h5-9H,4,10H2,1-3H3. The van der Waals surface area contributed by atoms with E-state index in [4.69, 9.17) is 16.3 Å². The van der Waals surface area contributed by atoms with Crippen LogP contribution in [0, 0.1) is 13.8 Å². The zero-order valence-electron chi connectivity index (χ0n) is 11.9. The largest absolute Gasteiger partial charge is 0.462 e. The summed E-state index contributed by atoms with van der Waals surface area (Å²) in [7, 11) is 0. The van der Waals surface area contributed by atoms with Crippen molar-refractivity contribution in [3.05, 3.63) is 57.9 Å². The molecule has 0 unspecified atom stereocenters. The number of ether oxygens (including phenoxy) is 1. The van der Waals surface area contributed by atoms with Crippen molar-refractivity contribution >= 4 is 17.6 Å². The van der Waals surface area contributed by atoms with Crippen molar-refractivity contribution in [2.24, 2.45) is 0 Å². The lowest BCUT2D eigenvalue weighted by Gasteiger charge is -2.10. The zero-order chi connectivity index (χ0) is 14.7. The van der Waals surface area contributed by atoms with Crippen LogP contribution in [0.5, 0.6) is 0 Å². The van der Waals surface area contributed by atoms with Crippen LogP contribution in [0.4, 0.5) is 0 Å². The minimum atomic E-state index is -0.261. The molecule has 0 aliphatic heterocycles. The first-order valence-corrected chi connectivity index (χ1v) is 6.99. The first-order valence-electron chi connectivity index (χ1n) is 6.61. The third-order valence-corrected chi connectivity index (χ3v) is 3.57. The van der Waals surface area contributed by atoms with Crippen molar-refractivity contribution in [1.82, 2.24) is 4.57 Å². The quantitative estimate of drug-likeness (QED) is 0.798. The second kappa shape index (κ2) is 6.14. The predicted molar refractivity (Wildman–Crippen MR) is 80.4 cm³/mol. The van der Waals surface area contributed by atoms with E-state index in [-0.39, 0.29) is 5.97 Å². The van der Waals surface area contributed by atoms with E-state index in [1.807, 2.05) is 51.1 Å². The number of hydrogen-bond donors (Lipinski definition) is 0. The molecule has 0 saturated carbocycles. The summed E-state index contributed by atoms with van der Waals surface area (Å²) in [6, 6.07) is 9.61. The number of esters is 1. The van der Waals surface area contributed by atoms with Gasteiger partial charge >= 0.3 is 5.97 Å². The highest BCUT2D eigenvalue weighted by Crippen LogP contribution is 2.19. The molecule has 20 heavy (non-hydrogen) atoms. The van der Waals surface area contributed by atoms with E-state index in [9.17, 15) is 4.79 Å². The third-order valence-electron chi connectivity index (χ3n) is 3.32. The molecule has 0 aliphatic rings. The first-order chi connectivity index (χ1) is 9.52. The van der Waals surface area contributed by atoms with Gasteiger partial charge in [0, 0.05) is 23.0 Å². The molecule has 1 heterocycles. The fourth-order valence-electron chi connectivity index (χ4n) is 2.23. The lowest BCUT2D eigenvalue weighted by molar-refractivity contribution is 0.0525. The molecule has 3 nitrogen and oxygen atoms in total. The number of halogens is 1. The fraction of sp³-hybridized carbons (Fsp3) is 0.312. The van der Waals surface area contributed by atoms with Crippen molar-refractivity contribution < 1.29 is 9.53 Å². The summed E-state index contributed by atoms with van der Waals surface area (Å²) in [4.78, 5) is 11.9. The topological polar surface area (TPSA) is 31.2 Å². The molecule has 0 amide bonds. The highest BCUT2D eigenvalue weighted by Gasteiger charge is 2.16. The summed E-state index contributed by atoms with van der Waals surface area (Å²) in [5.74, 6) is -0.261. The molecule has 0 saturated heterocycles. The Labute approximate surface area is 124 Å². The highest BCUT2D eigenvalue weighted by atomic mass is 35.5. The molecular weight excluding hydrogens is 274 g/mol. The molecule has 0 fully saturated rings. The Morgan fingerprint density at radius 1 is 1.25 bits per heavy atom. The Kier molecular flexibility index (Phi) is 4.50. The van der Waals surface area contributed by atoms with Crippen LogP contribution in [0.15, 0.2) is 30.3 Å². The van der Waals surface area contributed by atoms with Crippen molar-refractivity contribution in [2.45, 2.75) is 27.3 Å². The number of carbonyl (C=O) groups is 1. The monoisotopic (exact) mass is 291 g/mol. The van der Waals surface area contributed by atoms with E-state index < -0.39 is 0 Å². The highest BCUT2D eigenvalue weighted by molar-refractivity contribution is 6.30. The number of aryl methyl sites for hydroxylation is 1. The third kappa shape index (κ3) is 3.05. The molecule has 0 atom stereocenters. The Bertz CT molecular complexity index is 614. The second-order valence-electron chi connectivity index (χ2n) is 4.72. The summed E-state index contributed by atoms with van der Waals surface area (Å²) in [5.41, 5.74) is 3.75. The van der Waals surface area contributed by atoms with E-state index in [0.29, 0.717) is 18.7 Å².